The second-order valence-electron chi connectivity index (χ2n) is 31.9. The molecule has 14 heterocycles. The van der Waals surface area contributed by atoms with Crippen LogP contribution >= 0.6 is 23.5 Å². The van der Waals surface area contributed by atoms with Gasteiger partial charge >= 0.3 is 41.8 Å². The predicted molar refractivity (Wildman–Crippen MR) is 425 cm³/mol. The third-order valence-corrected chi connectivity index (χ3v) is 28.5. The number of nitrogens with zero attached hydrogens (tertiary/aromatic N) is 6. The van der Waals surface area contributed by atoms with Gasteiger partial charge in [-0.2, -0.15) is 10.5 Å². The molecule has 14 aliphatic rings. The molecule has 33 heteroatoms. The number of methoxy groups -OCH3 is 4. The second kappa shape index (κ2) is 30.5. The van der Waals surface area contributed by atoms with E-state index >= 15 is 0 Å². The van der Waals surface area contributed by atoms with Crippen molar-refractivity contribution in [3.63, 3.8) is 0 Å². The third kappa shape index (κ3) is 12.4. The van der Waals surface area contributed by atoms with Crippen LogP contribution in [0.5, 0.6) is 80.5 Å². The zero-order valence-electron chi connectivity index (χ0n) is 68.3. The summed E-state index contributed by atoms with van der Waals surface area (Å²) >= 11 is 2.92. The molecule has 0 aliphatic carbocycles. The first-order valence-electron chi connectivity index (χ1n) is 39.3. The van der Waals surface area contributed by atoms with Gasteiger partial charge in [0.05, 0.1) is 75.2 Å². The number of ether oxygens (including phenoxy) is 15. The van der Waals surface area contributed by atoms with Crippen molar-refractivity contribution < 1.29 is 110 Å². The van der Waals surface area contributed by atoms with Crippen molar-refractivity contribution in [2.45, 2.75) is 170 Å². The van der Waals surface area contributed by atoms with E-state index in [1.54, 1.807) is 31.4 Å². The number of carbonyl (C=O) groups is 7. The molecule has 6 aromatic carbocycles. The average molecular weight is 1670 g/mol. The van der Waals surface area contributed by atoms with Crippen LogP contribution in [-0.4, -0.2) is 197 Å². The molecule has 20 rings (SSSR count). The minimum Gasteiger partial charge on any atom is -0.504 e. The second-order valence-corrected chi connectivity index (χ2v) is 34.2. The maximum Gasteiger partial charge on any atom is 0.331 e. The first kappa shape index (κ1) is 80.7. The lowest BCUT2D eigenvalue weighted by molar-refractivity contribution is -0.158. The van der Waals surface area contributed by atoms with Crippen LogP contribution in [0.25, 0.3) is 0 Å². The maximum atomic E-state index is 15.0. The van der Waals surface area contributed by atoms with E-state index in [1.807, 2.05) is 53.9 Å². The van der Waals surface area contributed by atoms with Gasteiger partial charge in [-0.25, -0.2) is 9.59 Å². The lowest BCUT2D eigenvalue weighted by Crippen LogP contribution is -2.69. The van der Waals surface area contributed by atoms with E-state index in [0.29, 0.717) is 141 Å². The molecule has 119 heavy (non-hydrogen) atoms. The quantitative estimate of drug-likeness (QED) is 0.0900. The number of hydrogen-bond donors (Lipinski definition) is 3. The molecule has 14 atom stereocenters. The number of nitrogens with one attached hydrogen (secondary N) is 2. The molecular weight excluding hydrogens is 1580 g/mol. The Morgan fingerprint density at radius 2 is 0.874 bits per heavy atom. The Morgan fingerprint density at radius 1 is 0.479 bits per heavy atom. The highest BCUT2D eigenvalue weighted by Gasteiger charge is 2.65. The molecule has 6 aromatic rings. The lowest BCUT2D eigenvalue weighted by Gasteiger charge is -2.62. The molecule has 4 saturated heterocycles. The molecule has 0 amide bonds. The SMILES string of the molecule is COc1cc2c(cc1O)CCN[C@]21CS[C@@H]2c3c(OC(C)=O)c(C)c4c(c3[C@H](COC1=O)N1C2[C@H]2c3c(cc(C)c(OC)c3OC(C)=O)C[C@@H]([C@@H]1C#N)N2C)OCO4.COc1cc2c(cc1OC(C)=O)CCN[C@]21CS[C@@H]2c3c(OC(C)=O)c(C)c4c(c3[C@H](COC1=O)N1C2[C@H]2c3c(cc(C)c(OC)c3OC(C)=O)C[C@@H]([C@@H]1C#N)N2C)OCO4. The van der Waals surface area contributed by atoms with Crippen molar-refractivity contribution in [2.24, 2.45) is 0 Å². The van der Waals surface area contributed by atoms with E-state index in [2.05, 4.69) is 42.4 Å². The first-order chi connectivity index (χ1) is 57.1. The highest BCUT2D eigenvalue weighted by Crippen LogP contribution is 2.68. The lowest BCUT2D eigenvalue weighted by atomic mass is 9.71. The Labute approximate surface area is 694 Å². The fraction of sp³-hybridized carbons (Fsp3) is 0.477. The van der Waals surface area contributed by atoms with Crippen molar-refractivity contribution in [3.05, 3.63) is 125 Å². The van der Waals surface area contributed by atoms with Crippen LogP contribution in [0.3, 0.4) is 0 Å². The van der Waals surface area contributed by atoms with Crippen LogP contribution < -0.4 is 72.2 Å². The number of likely N-dealkylation sites (N-methyl/N-ethyl adjacent to an activating group) is 2. The Morgan fingerprint density at radius 3 is 1.27 bits per heavy atom. The average Bonchev–Trinajstić information content (AvgIpc) is 1.52. The standard InChI is InChI=1S/C44H46N4O12S.C42H44N4O11S/c1-19-11-25-12-27-28(15-45)48-29-16-55-43(52)44(26-14-30(53-7)31(58-21(3)49)13-24(26)9-10-46-44)17-61-42(34-33(29)40-39(56-18-57-40)20(2)38(34)59-22(4)50)36(48)35(47(27)6)32(25)41(37(19)54-8)60-23(5)51;1-18-10-23-11-25-26(14-43)46-27-15-53-41(50)42(24-13-29(51-6)28(49)12-22(24)8-9-44-42)16-58-40(32-31(27)38-37(54-17-55-38)19(2)36(32)56-20(3)47)34(46)33(45(25)5)30(23)39(35(18)52-7)57-21(4)48/h11,13-14,27-29,35-36,42,46H,9-10,12,16-18H2,1-8H3;10,12-13,25-27,33-34,40,44,49H,8-9,11,15-17H2,1-7H3/t27-,28-,29-,35+,36?,42+,44+;25-,26-,27-,33+,34?,40+,42+/m00/s1. The topological polar surface area (TPSA) is 363 Å². The Bertz CT molecular complexity index is 5470. The van der Waals surface area contributed by atoms with Crippen molar-refractivity contribution in [1.29, 1.82) is 10.5 Å². The van der Waals surface area contributed by atoms with Crippen LogP contribution in [0.2, 0.25) is 0 Å². The number of benzene rings is 6. The molecule has 2 unspecified atom stereocenters. The molecule has 2 spiro atoms. The van der Waals surface area contributed by atoms with Crippen LogP contribution in [0.15, 0.2) is 36.4 Å². The number of carbonyl (C=O) groups excluding carboxylic acids is 7. The van der Waals surface area contributed by atoms with Gasteiger partial charge in [-0.15, -0.1) is 23.5 Å². The van der Waals surface area contributed by atoms with Crippen molar-refractivity contribution in [1.82, 2.24) is 30.2 Å². The van der Waals surface area contributed by atoms with Crippen LogP contribution in [0, 0.1) is 50.4 Å². The first-order valence-corrected chi connectivity index (χ1v) is 41.4. The molecular formula is C86H90N8O23S2. The highest BCUT2D eigenvalue weighted by atomic mass is 32.2. The summed E-state index contributed by atoms with van der Waals surface area (Å²) in [4.78, 5) is 102. The van der Waals surface area contributed by atoms with Gasteiger partial charge in [-0.05, 0) is 136 Å². The monoisotopic (exact) mass is 1670 g/mol. The molecule has 624 valence electrons. The molecule has 0 saturated carbocycles. The highest BCUT2D eigenvalue weighted by molar-refractivity contribution is 7.99. The van der Waals surface area contributed by atoms with E-state index in [0.717, 1.165) is 44.5 Å². The molecule has 4 fully saturated rings. The number of esters is 7. The summed E-state index contributed by atoms with van der Waals surface area (Å²) in [5, 5.41) is 39.1. The summed E-state index contributed by atoms with van der Waals surface area (Å²) < 4.78 is 90.7. The van der Waals surface area contributed by atoms with E-state index in [9.17, 15) is 49.2 Å². The number of piperazine rings is 2. The summed E-state index contributed by atoms with van der Waals surface area (Å²) in [5.41, 5.74) is 8.58. The van der Waals surface area contributed by atoms with E-state index in [1.165, 1.54) is 79.5 Å². The number of fused-ring (bicyclic) bond motifs is 18. The van der Waals surface area contributed by atoms with Gasteiger partial charge in [0.1, 0.15) is 36.8 Å². The van der Waals surface area contributed by atoms with E-state index < -0.39 is 112 Å². The van der Waals surface area contributed by atoms with Gasteiger partial charge in [0.2, 0.25) is 13.6 Å². The summed E-state index contributed by atoms with van der Waals surface area (Å²) in [6.45, 7) is 14.4. The normalized spacial score (nSPS) is 27.5. The smallest absolute Gasteiger partial charge is 0.331 e. The fourth-order valence-corrected chi connectivity index (χ4v) is 24.4. The van der Waals surface area contributed by atoms with E-state index in [-0.39, 0.29) is 73.4 Å². The summed E-state index contributed by atoms with van der Waals surface area (Å²) in [5.74, 6) is 1.01. The van der Waals surface area contributed by atoms with Crippen LogP contribution in [0.1, 0.15) is 158 Å². The van der Waals surface area contributed by atoms with E-state index in [4.69, 9.17) is 71.1 Å². The van der Waals surface area contributed by atoms with Crippen LogP contribution in [-0.2, 0) is 79.8 Å². The zero-order chi connectivity index (χ0) is 84.2. The number of rotatable bonds is 9. The Kier molecular flexibility index (Phi) is 20.7. The minimum atomic E-state index is -1.43. The number of aryl methyl sites for hydroxylation is 2. The number of nitriles is 2. The van der Waals surface area contributed by atoms with Gasteiger partial charge in [0.25, 0.3) is 0 Å². The van der Waals surface area contributed by atoms with Gasteiger partial charge in [0.15, 0.2) is 80.1 Å². The van der Waals surface area contributed by atoms with Gasteiger partial charge < -0.3 is 76.2 Å². The summed E-state index contributed by atoms with van der Waals surface area (Å²) in [7, 11) is 9.97. The number of thioether (sulfide) groups is 2. The predicted octanol–water partition coefficient (Wildman–Crippen LogP) is 8.63. The molecule has 31 nitrogen and oxygen atoms in total. The largest absolute Gasteiger partial charge is 0.504 e. The third-order valence-electron chi connectivity index (χ3n) is 25.6. The van der Waals surface area contributed by atoms with Gasteiger partial charge in [-0.3, -0.25) is 54.2 Å². The van der Waals surface area contributed by atoms with Crippen LogP contribution in [0.4, 0.5) is 0 Å². The molecule has 8 bridgehead atoms. The molecule has 3 N–H and O–H groups in total. The summed E-state index contributed by atoms with van der Waals surface area (Å²) in [6, 6.07) is 10.2. The Hall–Kier alpha value is -10.8. The van der Waals surface area contributed by atoms with Gasteiger partial charge in [-0.1, -0.05) is 12.1 Å². The summed E-state index contributed by atoms with van der Waals surface area (Å²) in [6.07, 6.45) is 1.98. The number of phenols is 1. The number of phenolic OH excluding ortho intramolecular Hbond substituents is 1. The maximum absolute atomic E-state index is 15.0. The molecule has 0 aromatic heterocycles. The molecule has 0 radical (unpaired) electrons. The van der Waals surface area contributed by atoms with Crippen molar-refractivity contribution >= 4 is 65.3 Å². The number of aromatic hydroxyl groups is 1. The molecule has 14 aliphatic heterocycles. The number of hydrogen-bond acceptors (Lipinski definition) is 33. The van der Waals surface area contributed by atoms with Crippen molar-refractivity contribution in [3.8, 4) is 92.6 Å². The van der Waals surface area contributed by atoms with Gasteiger partial charge in [0, 0.05) is 128 Å². The Balaban J connectivity index is 0.000000170. The zero-order valence-corrected chi connectivity index (χ0v) is 69.9. The van der Waals surface area contributed by atoms with Crippen molar-refractivity contribution in [2.75, 3.05) is 93.9 Å². The minimum absolute atomic E-state index is 0.0343. The fourth-order valence-electron chi connectivity index (χ4n) is 21.0.